The van der Waals surface area contributed by atoms with E-state index in [1.54, 1.807) is 19.9 Å². The molecule has 2 aliphatic carbocycles. The van der Waals surface area contributed by atoms with Crippen LogP contribution < -0.4 is 0 Å². The fraction of sp³-hybridized carbons (Fsp3) is 0.465. The molecule has 12 heteroatoms. The molecule has 300 valence electrons. The summed E-state index contributed by atoms with van der Waals surface area (Å²) >= 11 is 0. The van der Waals surface area contributed by atoms with E-state index < -0.39 is 34.7 Å². The van der Waals surface area contributed by atoms with Crippen molar-refractivity contribution in [3.63, 3.8) is 0 Å². The summed E-state index contributed by atoms with van der Waals surface area (Å²) in [6.07, 6.45) is 7.65. The number of hydrogen-bond acceptors (Lipinski definition) is 10. The molecule has 6 rings (SSSR count). The number of esters is 1. The Bertz CT molecular complexity index is 1850. The third kappa shape index (κ3) is 9.02. The number of ether oxygens (including phenoxy) is 5. The second-order valence-corrected chi connectivity index (χ2v) is 14.2. The van der Waals surface area contributed by atoms with E-state index in [-0.39, 0.29) is 88.7 Å². The monoisotopic (exact) mass is 768 g/mol. The van der Waals surface area contributed by atoms with E-state index in [4.69, 9.17) is 23.7 Å². The van der Waals surface area contributed by atoms with Gasteiger partial charge in [-0.2, -0.15) is 0 Å². The second-order valence-electron chi connectivity index (χ2n) is 14.2. The van der Waals surface area contributed by atoms with Gasteiger partial charge in [-0.05, 0) is 97.9 Å². The third-order valence-corrected chi connectivity index (χ3v) is 10.7. The summed E-state index contributed by atoms with van der Waals surface area (Å²) in [5.41, 5.74) is -0.0870. The van der Waals surface area contributed by atoms with Crippen LogP contribution in [0.5, 0.6) is 11.5 Å². The molecule has 2 saturated heterocycles. The van der Waals surface area contributed by atoms with E-state index in [9.17, 15) is 33.4 Å². The maximum absolute atomic E-state index is 14.4. The van der Waals surface area contributed by atoms with Gasteiger partial charge in [-0.1, -0.05) is 47.4 Å². The number of halogens is 2. The Morgan fingerprint density at radius 2 is 1.31 bits per heavy atom. The molecule has 0 spiro atoms. The van der Waals surface area contributed by atoms with Gasteiger partial charge in [0, 0.05) is 24.5 Å². The van der Waals surface area contributed by atoms with Gasteiger partial charge in [0.05, 0.1) is 0 Å². The number of carbonyl (C=O) groups is 3. The van der Waals surface area contributed by atoms with E-state index in [0.717, 1.165) is 0 Å². The molecule has 10 nitrogen and oxygen atoms in total. The van der Waals surface area contributed by atoms with Crippen LogP contribution in [0.1, 0.15) is 70.2 Å². The Balaban J connectivity index is 0.000000287. The van der Waals surface area contributed by atoms with E-state index in [2.05, 4.69) is 13.2 Å². The van der Waals surface area contributed by atoms with Gasteiger partial charge in [-0.3, -0.25) is 14.4 Å². The smallest absolute Gasteiger partial charge is 0.317 e. The molecule has 2 fully saturated rings. The zero-order valence-electron chi connectivity index (χ0n) is 30.4. The van der Waals surface area contributed by atoms with Gasteiger partial charge < -0.3 is 33.9 Å². The fourth-order valence-corrected chi connectivity index (χ4v) is 7.50. The molecule has 6 atom stereocenters. The first kappa shape index (κ1) is 44.6. The highest BCUT2D eigenvalue weighted by molar-refractivity contribution is 6.06. The van der Waals surface area contributed by atoms with Crippen molar-refractivity contribution in [2.75, 3.05) is 20.2 Å². The predicted octanol–water partition coefficient (Wildman–Crippen LogP) is 8.05. The van der Waals surface area contributed by atoms with Crippen LogP contribution in [0.2, 0.25) is 0 Å². The van der Waals surface area contributed by atoms with Crippen molar-refractivity contribution in [3.05, 3.63) is 107 Å². The number of phenols is 2. The first-order chi connectivity index (χ1) is 25.1. The number of allylic oxidation sites excluding steroid dienone is 3. The van der Waals surface area contributed by atoms with Gasteiger partial charge >= 0.3 is 5.97 Å². The zero-order chi connectivity index (χ0) is 38.7. The van der Waals surface area contributed by atoms with Crippen molar-refractivity contribution in [3.8, 4) is 11.5 Å². The molecule has 0 aromatic heterocycles. The number of benzene rings is 2. The Hall–Kier alpha value is -4.81. The van der Waals surface area contributed by atoms with Crippen molar-refractivity contribution >= 4 is 17.5 Å². The standard InChI is InChI=1S/C21H23FO6.C20H23FO4.2CH4/c1-4-5-26-20(25)15-10-21(19(9-18(15)24)27-11-28-21)13(3)7-14-8-17(23)12(2)6-16(14)22;1-4-5-14-10-20(19(9-18(14)23)24-11-25-20)13(3)7-15-8-17(22)12(2)6-16(15)21;;/h4,6,8-9,13,15,23H,1,5,7,10-11H2,2-3H3;4,6,8-9,13-14,22H,1,5,7,10-11H2,2-3H3;2*1H4/t13-,15+,21+;13-,14-,20+;;/m00../s1. The molecule has 4 aliphatic rings. The molecule has 2 N–H and O–H groups in total. The van der Waals surface area contributed by atoms with Crippen molar-refractivity contribution in [1.29, 1.82) is 0 Å². The quantitative estimate of drug-likeness (QED) is 0.131. The summed E-state index contributed by atoms with van der Waals surface area (Å²) in [6, 6.07) is 5.47. The lowest BCUT2D eigenvalue weighted by atomic mass is 9.71. The normalized spacial score (nSPS) is 24.7. The van der Waals surface area contributed by atoms with Crippen LogP contribution in [0.3, 0.4) is 0 Å². The van der Waals surface area contributed by atoms with E-state index in [0.29, 0.717) is 53.0 Å². The summed E-state index contributed by atoms with van der Waals surface area (Å²) in [6.45, 7) is 14.3. The van der Waals surface area contributed by atoms with Crippen molar-refractivity contribution in [1.82, 2.24) is 0 Å². The predicted molar refractivity (Wildman–Crippen MR) is 203 cm³/mol. The molecule has 0 amide bonds. The summed E-state index contributed by atoms with van der Waals surface area (Å²) < 4.78 is 56.5. The third-order valence-electron chi connectivity index (χ3n) is 10.7. The SMILES string of the molecule is C.C.C=CCOC(=O)[C@@H]1C[C@]2([C@@H](C)Cc3cc(O)c(C)cc3F)OCOC2=CC1=O.C=CC[C@H]1C[C@]2([C@@H](C)Cc3cc(O)c(C)cc3F)OCOC2=CC1=O. The largest absolute Gasteiger partial charge is 0.508 e. The summed E-state index contributed by atoms with van der Waals surface area (Å²) in [5, 5.41) is 19.8. The Morgan fingerprint density at radius 1 is 0.836 bits per heavy atom. The number of phenolic OH excluding ortho intramolecular Hbond substituents is 2. The van der Waals surface area contributed by atoms with Crippen LogP contribution in [-0.4, -0.2) is 59.1 Å². The van der Waals surface area contributed by atoms with Gasteiger partial charge in [0.1, 0.15) is 58.4 Å². The number of fused-ring (bicyclic) bond motifs is 2. The van der Waals surface area contributed by atoms with E-state index >= 15 is 0 Å². The highest BCUT2D eigenvalue weighted by atomic mass is 19.1. The number of aryl methyl sites for hydroxylation is 2. The van der Waals surface area contributed by atoms with Crippen LogP contribution >= 0.6 is 0 Å². The minimum Gasteiger partial charge on any atom is -0.508 e. The second kappa shape index (κ2) is 18.2. The van der Waals surface area contributed by atoms with Crippen LogP contribution in [-0.2, 0) is 50.9 Å². The van der Waals surface area contributed by atoms with Crippen molar-refractivity contribution < 1.29 is 57.1 Å². The summed E-state index contributed by atoms with van der Waals surface area (Å²) in [7, 11) is 0. The molecule has 2 aliphatic heterocycles. The van der Waals surface area contributed by atoms with Crippen molar-refractivity contribution in [2.45, 2.75) is 85.9 Å². The number of aromatic hydroxyl groups is 2. The van der Waals surface area contributed by atoms with Crippen molar-refractivity contribution in [2.24, 2.45) is 23.7 Å². The molecule has 0 bridgehead atoms. The molecule has 55 heavy (non-hydrogen) atoms. The fourth-order valence-electron chi connectivity index (χ4n) is 7.50. The average Bonchev–Trinajstić information content (AvgIpc) is 3.73. The number of carbonyl (C=O) groups excluding carboxylic acids is 3. The van der Waals surface area contributed by atoms with Crippen LogP contribution in [0.4, 0.5) is 8.78 Å². The molecule has 2 aromatic rings. The maximum Gasteiger partial charge on any atom is 0.317 e. The first-order valence-corrected chi connectivity index (χ1v) is 17.6. The molecule has 2 heterocycles. The van der Waals surface area contributed by atoms with Gasteiger partial charge in [0.25, 0.3) is 0 Å². The zero-order valence-corrected chi connectivity index (χ0v) is 30.4. The lowest BCUT2D eigenvalue weighted by molar-refractivity contribution is -0.154. The molecule has 2 aromatic carbocycles. The highest BCUT2D eigenvalue weighted by Crippen LogP contribution is 2.48. The van der Waals surface area contributed by atoms with Gasteiger partial charge in [-0.25, -0.2) is 8.78 Å². The average molecular weight is 769 g/mol. The number of ketones is 2. The molecule has 0 saturated carbocycles. The Morgan fingerprint density at radius 3 is 1.78 bits per heavy atom. The van der Waals surface area contributed by atoms with Gasteiger partial charge in [0.2, 0.25) is 0 Å². The molecular weight excluding hydrogens is 714 g/mol. The molecule has 0 radical (unpaired) electrons. The van der Waals surface area contributed by atoms with E-state index in [1.807, 2.05) is 13.8 Å². The van der Waals surface area contributed by atoms with Crippen LogP contribution in [0, 0.1) is 49.2 Å². The molecule has 0 unspecified atom stereocenters. The maximum atomic E-state index is 14.4. The number of hydrogen-bond donors (Lipinski definition) is 2. The van der Waals surface area contributed by atoms with Gasteiger partial charge in [-0.15, -0.1) is 6.58 Å². The first-order valence-electron chi connectivity index (χ1n) is 17.6. The topological polar surface area (TPSA) is 138 Å². The highest BCUT2D eigenvalue weighted by Gasteiger charge is 2.54. The van der Waals surface area contributed by atoms with Crippen LogP contribution in [0.15, 0.2) is 73.2 Å². The van der Waals surface area contributed by atoms with Crippen LogP contribution in [0.25, 0.3) is 0 Å². The Labute approximate surface area is 322 Å². The van der Waals surface area contributed by atoms with E-state index in [1.165, 1.54) is 42.5 Å². The Kier molecular flexibility index (Phi) is 14.8. The van der Waals surface area contributed by atoms with Gasteiger partial charge in [0.15, 0.2) is 25.2 Å². The summed E-state index contributed by atoms with van der Waals surface area (Å²) in [5.74, 6) is -2.56. The minimum atomic E-state index is -1.04. The lowest BCUT2D eigenvalue weighted by Gasteiger charge is -2.38. The number of rotatable bonds is 11. The lowest BCUT2D eigenvalue weighted by Crippen LogP contribution is -2.47. The summed E-state index contributed by atoms with van der Waals surface area (Å²) in [4.78, 5) is 36.9. The minimum absolute atomic E-state index is 0. The molecular formula is C43H54F2O10.